The molecule has 1 unspecified atom stereocenters. The van der Waals surface area contributed by atoms with Gasteiger partial charge < -0.3 is 20.6 Å². The Balaban J connectivity index is 1.50. The van der Waals surface area contributed by atoms with E-state index in [-0.39, 0.29) is 17.8 Å². The zero-order valence-corrected chi connectivity index (χ0v) is 18.2. The second-order valence-corrected chi connectivity index (χ2v) is 9.47. The number of nitrogens with zero attached hydrogens (tertiary/aromatic N) is 4. The molecular formula is C19H19ClIN5O3. The van der Waals surface area contributed by atoms with Crippen LogP contribution in [0.2, 0.25) is 5.28 Å². The van der Waals surface area contributed by atoms with Crippen molar-refractivity contribution in [3.63, 3.8) is 0 Å². The van der Waals surface area contributed by atoms with Crippen LogP contribution >= 0.6 is 34.2 Å². The molecule has 2 fully saturated rings. The summed E-state index contributed by atoms with van der Waals surface area (Å²) in [5.74, 6) is 0.524. The van der Waals surface area contributed by atoms with E-state index in [9.17, 15) is 15.3 Å². The number of hydrogen-bond donors (Lipinski definition) is 4. The Morgan fingerprint density at radius 3 is 2.86 bits per heavy atom. The lowest BCUT2D eigenvalue weighted by atomic mass is 9.96. The predicted molar refractivity (Wildman–Crippen MR) is 115 cm³/mol. The summed E-state index contributed by atoms with van der Waals surface area (Å²) >= 11 is 8.41. The third kappa shape index (κ3) is 2.94. The van der Waals surface area contributed by atoms with Crippen molar-refractivity contribution in [1.82, 2.24) is 19.5 Å². The minimum atomic E-state index is -1.59. The van der Waals surface area contributed by atoms with E-state index in [0.717, 1.165) is 9.13 Å². The largest absolute Gasteiger partial charge is 0.396 e. The Labute approximate surface area is 185 Å². The Hall–Kier alpha value is -1.53. The molecular weight excluding hydrogens is 509 g/mol. The molecule has 5 rings (SSSR count). The molecule has 29 heavy (non-hydrogen) atoms. The molecule has 2 aromatic heterocycles. The maximum atomic E-state index is 11.3. The average molecular weight is 528 g/mol. The molecule has 0 spiro atoms. The quantitative estimate of drug-likeness (QED) is 0.297. The highest BCUT2D eigenvalue weighted by molar-refractivity contribution is 14.1. The van der Waals surface area contributed by atoms with Crippen LogP contribution in [0.5, 0.6) is 0 Å². The van der Waals surface area contributed by atoms with E-state index in [2.05, 4.69) is 48.9 Å². The van der Waals surface area contributed by atoms with Gasteiger partial charge in [-0.05, 0) is 64.2 Å². The molecule has 0 saturated heterocycles. The lowest BCUT2D eigenvalue weighted by Gasteiger charge is -2.33. The normalized spacial score (nSPS) is 30.5. The summed E-state index contributed by atoms with van der Waals surface area (Å²) in [6.07, 6.45) is 1.37. The Morgan fingerprint density at radius 1 is 1.31 bits per heavy atom. The number of hydrogen-bond acceptors (Lipinski definition) is 7. The fraction of sp³-hybridized carbons (Fsp3) is 0.421. The van der Waals surface area contributed by atoms with Crippen molar-refractivity contribution < 1.29 is 15.3 Å². The molecule has 2 heterocycles. The molecule has 0 aliphatic heterocycles. The number of rotatable bonds is 5. The van der Waals surface area contributed by atoms with Crippen molar-refractivity contribution in [2.24, 2.45) is 11.3 Å². The Morgan fingerprint density at radius 2 is 2.14 bits per heavy atom. The number of fused-ring (bicyclic) bond motifs is 2. The van der Waals surface area contributed by atoms with Gasteiger partial charge in [-0.3, -0.25) is 4.57 Å². The van der Waals surface area contributed by atoms with Crippen LogP contribution in [-0.4, -0.2) is 47.5 Å². The van der Waals surface area contributed by atoms with Gasteiger partial charge in [-0.25, -0.2) is 4.98 Å². The van der Waals surface area contributed by atoms with E-state index in [1.807, 2.05) is 18.2 Å². The van der Waals surface area contributed by atoms with E-state index in [1.165, 1.54) is 10.9 Å². The molecule has 1 aromatic carbocycles. The molecule has 152 valence electrons. The van der Waals surface area contributed by atoms with Crippen molar-refractivity contribution in [3.8, 4) is 0 Å². The van der Waals surface area contributed by atoms with Crippen LogP contribution in [0.25, 0.3) is 11.2 Å². The molecule has 0 amide bonds. The lowest BCUT2D eigenvalue weighted by Crippen LogP contribution is -2.46. The summed E-state index contributed by atoms with van der Waals surface area (Å²) in [5, 5.41) is 35.0. The first-order valence-corrected chi connectivity index (χ1v) is 10.7. The summed E-state index contributed by atoms with van der Waals surface area (Å²) in [6.45, 7) is 0.362. The van der Waals surface area contributed by atoms with Gasteiger partial charge in [0.2, 0.25) is 5.28 Å². The molecule has 2 aliphatic carbocycles. The van der Waals surface area contributed by atoms with Crippen molar-refractivity contribution in [2.45, 2.75) is 31.2 Å². The first-order valence-electron chi connectivity index (χ1n) is 9.28. The number of anilines is 1. The van der Waals surface area contributed by atoms with Crippen molar-refractivity contribution in [2.75, 3.05) is 11.9 Å². The maximum Gasteiger partial charge on any atom is 0.226 e. The van der Waals surface area contributed by atoms with Gasteiger partial charge in [-0.2, -0.15) is 9.97 Å². The number of benzene rings is 1. The highest BCUT2D eigenvalue weighted by Gasteiger charge is 2.72. The minimum absolute atomic E-state index is 0.0162. The molecule has 3 aromatic rings. The van der Waals surface area contributed by atoms with Gasteiger partial charge >= 0.3 is 0 Å². The molecule has 4 atom stereocenters. The number of nitrogens with one attached hydrogen (secondary N) is 1. The average Bonchev–Trinajstić information content (AvgIpc) is 3.13. The summed E-state index contributed by atoms with van der Waals surface area (Å²) in [5.41, 5.74) is -0.363. The van der Waals surface area contributed by atoms with Gasteiger partial charge in [0, 0.05) is 22.0 Å². The molecule has 2 saturated carbocycles. The SMILES string of the molecule is OC[C@@]12CC1C[C@](O)(n1cnc3c(NCc4cccc(I)c4)nc(Cl)nc31)[C@@H]2O. The van der Waals surface area contributed by atoms with Crippen molar-refractivity contribution >= 4 is 51.2 Å². The van der Waals surface area contributed by atoms with E-state index in [4.69, 9.17) is 11.6 Å². The Kier molecular flexibility index (Phi) is 4.52. The fourth-order valence-electron chi connectivity index (χ4n) is 4.57. The van der Waals surface area contributed by atoms with Gasteiger partial charge in [-0.15, -0.1) is 0 Å². The summed E-state index contributed by atoms with van der Waals surface area (Å²) in [4.78, 5) is 12.9. The summed E-state index contributed by atoms with van der Waals surface area (Å²) < 4.78 is 2.59. The monoisotopic (exact) mass is 527 g/mol. The minimum Gasteiger partial charge on any atom is -0.396 e. The standard InChI is InChI=1S/C19H19ClIN5O3/c20-17-24-14(22-7-10-2-1-3-12(21)4-10)13-15(25-17)26(9-23-13)19(29)6-11-5-18(11,8-27)16(19)28/h1-4,9,11,16,27-29H,5-8H2,(H,22,24,25)/t11?,16-,18+,19-/m1/s1. The third-order valence-electron chi connectivity index (χ3n) is 6.24. The van der Waals surface area contributed by atoms with E-state index >= 15 is 0 Å². The van der Waals surface area contributed by atoms with Crippen LogP contribution in [0.3, 0.4) is 0 Å². The number of aromatic nitrogens is 4. The zero-order valence-electron chi connectivity index (χ0n) is 15.3. The van der Waals surface area contributed by atoms with Gasteiger partial charge in [-0.1, -0.05) is 12.1 Å². The molecule has 4 N–H and O–H groups in total. The van der Waals surface area contributed by atoms with Gasteiger partial charge in [0.15, 0.2) is 22.7 Å². The van der Waals surface area contributed by atoms with Gasteiger partial charge in [0.25, 0.3) is 0 Å². The van der Waals surface area contributed by atoms with Crippen LogP contribution in [0, 0.1) is 14.9 Å². The van der Waals surface area contributed by atoms with Crippen LogP contribution in [0.4, 0.5) is 5.82 Å². The fourth-order valence-corrected chi connectivity index (χ4v) is 5.34. The molecule has 10 heteroatoms. The second kappa shape index (κ2) is 6.74. The third-order valence-corrected chi connectivity index (χ3v) is 7.08. The molecule has 0 radical (unpaired) electrons. The zero-order chi connectivity index (χ0) is 20.4. The molecule has 2 aliphatic rings. The second-order valence-electron chi connectivity index (χ2n) is 7.89. The van der Waals surface area contributed by atoms with Crippen LogP contribution in [0.1, 0.15) is 18.4 Å². The van der Waals surface area contributed by atoms with Crippen LogP contribution in [-0.2, 0) is 12.3 Å². The number of aliphatic hydroxyl groups is 3. The van der Waals surface area contributed by atoms with Gasteiger partial charge in [0.05, 0.1) is 12.9 Å². The van der Waals surface area contributed by atoms with Crippen LogP contribution in [0.15, 0.2) is 30.6 Å². The van der Waals surface area contributed by atoms with E-state index < -0.39 is 17.2 Å². The smallest absolute Gasteiger partial charge is 0.226 e. The summed E-state index contributed by atoms with van der Waals surface area (Å²) in [7, 11) is 0. The molecule has 8 nitrogen and oxygen atoms in total. The van der Waals surface area contributed by atoms with Crippen LogP contribution < -0.4 is 5.32 Å². The lowest BCUT2D eigenvalue weighted by molar-refractivity contribution is -0.145. The maximum absolute atomic E-state index is 11.3. The number of aliphatic hydroxyl groups excluding tert-OH is 2. The predicted octanol–water partition coefficient (Wildman–Crippen LogP) is 2.10. The van der Waals surface area contributed by atoms with E-state index in [1.54, 1.807) is 0 Å². The summed E-state index contributed by atoms with van der Waals surface area (Å²) in [6, 6.07) is 8.06. The number of halogens is 2. The highest BCUT2D eigenvalue weighted by atomic mass is 127. The van der Waals surface area contributed by atoms with Crippen molar-refractivity contribution in [3.05, 3.63) is 45.0 Å². The molecule has 0 bridgehead atoms. The first kappa shape index (κ1) is 19.4. The van der Waals surface area contributed by atoms with E-state index in [0.29, 0.717) is 36.4 Å². The topological polar surface area (TPSA) is 116 Å². The highest BCUT2D eigenvalue weighted by Crippen LogP contribution is 2.67. The first-order chi connectivity index (χ1) is 13.9. The van der Waals surface area contributed by atoms with Gasteiger partial charge in [0.1, 0.15) is 6.10 Å². The number of imidazole rings is 1. The Bertz CT molecular complexity index is 1110. The van der Waals surface area contributed by atoms with Crippen molar-refractivity contribution in [1.29, 1.82) is 0 Å².